The highest BCUT2D eigenvalue weighted by atomic mass is 16.2. The number of hydrogen-bond donors (Lipinski definition) is 2. The molecule has 2 amide bonds. The van der Waals surface area contributed by atoms with Gasteiger partial charge >= 0.3 is 0 Å². The van der Waals surface area contributed by atoms with Crippen molar-refractivity contribution >= 4 is 11.8 Å². The summed E-state index contributed by atoms with van der Waals surface area (Å²) >= 11 is 0. The standard InChI is InChI=1S/C15H22N2O2/c1-15(2,3)17-14(19)11-16-13(18)10-9-12-7-5-4-6-8-12/h4-8H,9-11H2,1-3H3,(H,16,18)(H,17,19). The van der Waals surface area contributed by atoms with Crippen molar-refractivity contribution in [3.8, 4) is 0 Å². The van der Waals surface area contributed by atoms with Gasteiger partial charge in [0.05, 0.1) is 6.54 Å². The highest BCUT2D eigenvalue weighted by molar-refractivity contribution is 5.85. The van der Waals surface area contributed by atoms with Crippen molar-refractivity contribution in [2.45, 2.75) is 39.2 Å². The molecule has 0 aromatic heterocycles. The highest BCUT2D eigenvalue weighted by Crippen LogP contribution is 2.02. The van der Waals surface area contributed by atoms with Crippen molar-refractivity contribution in [3.63, 3.8) is 0 Å². The Kier molecular flexibility index (Phi) is 5.55. The molecule has 1 aromatic carbocycles. The molecule has 0 saturated heterocycles. The van der Waals surface area contributed by atoms with Crippen molar-refractivity contribution < 1.29 is 9.59 Å². The van der Waals surface area contributed by atoms with Crippen LogP contribution in [-0.4, -0.2) is 23.9 Å². The van der Waals surface area contributed by atoms with E-state index in [0.717, 1.165) is 5.56 Å². The van der Waals surface area contributed by atoms with Crippen LogP contribution >= 0.6 is 0 Å². The number of hydrogen-bond acceptors (Lipinski definition) is 2. The average Bonchev–Trinajstić information content (AvgIpc) is 2.33. The van der Waals surface area contributed by atoms with E-state index in [2.05, 4.69) is 10.6 Å². The summed E-state index contributed by atoms with van der Waals surface area (Å²) in [7, 11) is 0. The van der Waals surface area contributed by atoms with Crippen LogP contribution in [0.25, 0.3) is 0 Å². The van der Waals surface area contributed by atoms with Gasteiger partial charge in [-0.1, -0.05) is 30.3 Å². The van der Waals surface area contributed by atoms with Crippen molar-refractivity contribution in [2.75, 3.05) is 6.54 Å². The summed E-state index contributed by atoms with van der Waals surface area (Å²) in [5.41, 5.74) is 0.850. The SMILES string of the molecule is CC(C)(C)NC(=O)CNC(=O)CCc1ccccc1. The molecule has 0 unspecified atom stereocenters. The number of amides is 2. The molecule has 1 rings (SSSR count). The Bertz CT molecular complexity index is 422. The normalized spacial score (nSPS) is 10.9. The number of carbonyl (C=O) groups excluding carboxylic acids is 2. The van der Waals surface area contributed by atoms with Crippen LogP contribution in [0, 0.1) is 0 Å². The first-order chi connectivity index (χ1) is 8.87. The van der Waals surface area contributed by atoms with Crippen molar-refractivity contribution in [3.05, 3.63) is 35.9 Å². The lowest BCUT2D eigenvalue weighted by Gasteiger charge is -2.20. The average molecular weight is 262 g/mol. The third-order valence-corrected chi connectivity index (χ3v) is 2.44. The Labute approximate surface area is 114 Å². The van der Waals surface area contributed by atoms with Gasteiger partial charge in [-0.25, -0.2) is 0 Å². The van der Waals surface area contributed by atoms with E-state index in [1.54, 1.807) is 0 Å². The topological polar surface area (TPSA) is 58.2 Å². The highest BCUT2D eigenvalue weighted by Gasteiger charge is 2.13. The van der Waals surface area contributed by atoms with Crippen LogP contribution in [0.15, 0.2) is 30.3 Å². The molecular weight excluding hydrogens is 240 g/mol. The summed E-state index contributed by atoms with van der Waals surface area (Å²) in [6.45, 7) is 5.75. The molecule has 1 aromatic rings. The maximum absolute atomic E-state index is 11.6. The van der Waals surface area contributed by atoms with Crippen molar-refractivity contribution in [1.29, 1.82) is 0 Å². The zero-order valence-corrected chi connectivity index (χ0v) is 11.8. The Hall–Kier alpha value is -1.84. The Morgan fingerprint density at radius 3 is 2.26 bits per heavy atom. The second-order valence-corrected chi connectivity index (χ2v) is 5.56. The second kappa shape index (κ2) is 6.92. The van der Waals surface area contributed by atoms with Gasteiger partial charge in [-0.3, -0.25) is 9.59 Å². The lowest BCUT2D eigenvalue weighted by molar-refractivity contribution is -0.126. The maximum Gasteiger partial charge on any atom is 0.239 e. The fourth-order valence-corrected chi connectivity index (χ4v) is 1.63. The van der Waals surface area contributed by atoms with Crippen molar-refractivity contribution in [1.82, 2.24) is 10.6 Å². The second-order valence-electron chi connectivity index (χ2n) is 5.56. The van der Waals surface area contributed by atoms with E-state index in [-0.39, 0.29) is 23.9 Å². The Morgan fingerprint density at radius 1 is 1.05 bits per heavy atom. The fraction of sp³-hybridized carbons (Fsp3) is 0.467. The van der Waals surface area contributed by atoms with Crippen LogP contribution in [0.3, 0.4) is 0 Å². The monoisotopic (exact) mass is 262 g/mol. The van der Waals surface area contributed by atoms with Gasteiger partial charge in [0.2, 0.25) is 11.8 Å². The molecule has 0 radical (unpaired) electrons. The van der Waals surface area contributed by atoms with Gasteiger partial charge in [-0.2, -0.15) is 0 Å². The Morgan fingerprint density at radius 2 is 1.68 bits per heavy atom. The molecule has 19 heavy (non-hydrogen) atoms. The summed E-state index contributed by atoms with van der Waals surface area (Å²) in [6.07, 6.45) is 1.08. The van der Waals surface area contributed by atoms with Gasteiger partial charge in [0.15, 0.2) is 0 Å². The summed E-state index contributed by atoms with van der Waals surface area (Å²) in [4.78, 5) is 23.1. The molecule has 4 heteroatoms. The molecule has 4 nitrogen and oxygen atoms in total. The third-order valence-electron chi connectivity index (χ3n) is 2.44. The van der Waals surface area contributed by atoms with Crippen LogP contribution in [0.1, 0.15) is 32.8 Å². The van der Waals surface area contributed by atoms with Crippen LogP contribution < -0.4 is 10.6 Å². The van der Waals surface area contributed by atoms with Crippen LogP contribution in [0.4, 0.5) is 0 Å². The van der Waals surface area contributed by atoms with Gasteiger partial charge in [0.1, 0.15) is 0 Å². The molecule has 0 bridgehead atoms. The minimum absolute atomic E-state index is 0.0326. The number of benzene rings is 1. The summed E-state index contributed by atoms with van der Waals surface area (Å²) < 4.78 is 0. The smallest absolute Gasteiger partial charge is 0.239 e. The minimum Gasteiger partial charge on any atom is -0.350 e. The quantitative estimate of drug-likeness (QED) is 0.847. The van der Waals surface area contributed by atoms with E-state index in [1.165, 1.54) is 0 Å². The largest absolute Gasteiger partial charge is 0.350 e. The molecule has 104 valence electrons. The van der Waals surface area contributed by atoms with Gasteiger partial charge in [0, 0.05) is 12.0 Å². The van der Waals surface area contributed by atoms with Gasteiger partial charge in [0.25, 0.3) is 0 Å². The summed E-state index contributed by atoms with van der Waals surface area (Å²) in [5.74, 6) is -0.270. The predicted octanol–water partition coefficient (Wildman–Crippen LogP) is 1.65. The zero-order chi connectivity index (χ0) is 14.3. The molecule has 0 atom stereocenters. The van der Waals surface area contributed by atoms with Crippen LogP contribution in [0.2, 0.25) is 0 Å². The first kappa shape index (κ1) is 15.2. The lowest BCUT2D eigenvalue weighted by Crippen LogP contribution is -2.45. The van der Waals surface area contributed by atoms with E-state index in [0.29, 0.717) is 12.8 Å². The molecule has 2 N–H and O–H groups in total. The minimum atomic E-state index is -0.272. The molecule has 0 spiro atoms. The molecular formula is C15H22N2O2. The molecule has 0 fully saturated rings. The molecule has 0 aliphatic heterocycles. The predicted molar refractivity (Wildman–Crippen MR) is 75.7 cm³/mol. The summed E-state index contributed by atoms with van der Waals surface area (Å²) in [5, 5.41) is 5.42. The lowest BCUT2D eigenvalue weighted by atomic mass is 10.1. The first-order valence-electron chi connectivity index (χ1n) is 6.48. The van der Waals surface area contributed by atoms with Gasteiger partial charge in [-0.15, -0.1) is 0 Å². The van der Waals surface area contributed by atoms with Gasteiger partial charge < -0.3 is 10.6 Å². The Balaban J connectivity index is 2.23. The van der Waals surface area contributed by atoms with E-state index in [9.17, 15) is 9.59 Å². The number of rotatable bonds is 5. The molecule has 0 saturated carbocycles. The van der Waals surface area contributed by atoms with E-state index < -0.39 is 0 Å². The number of aryl methyl sites for hydroxylation is 1. The molecule has 0 aliphatic carbocycles. The van der Waals surface area contributed by atoms with Gasteiger partial charge in [-0.05, 0) is 32.8 Å². The zero-order valence-electron chi connectivity index (χ0n) is 11.8. The van der Waals surface area contributed by atoms with Crippen molar-refractivity contribution in [2.24, 2.45) is 0 Å². The van der Waals surface area contributed by atoms with E-state index in [1.807, 2.05) is 51.1 Å². The summed E-state index contributed by atoms with van der Waals surface area (Å²) in [6, 6.07) is 9.81. The third kappa shape index (κ3) is 7.24. The first-order valence-corrected chi connectivity index (χ1v) is 6.48. The van der Waals surface area contributed by atoms with Crippen LogP contribution in [-0.2, 0) is 16.0 Å². The molecule has 0 heterocycles. The number of carbonyl (C=O) groups is 2. The van der Waals surface area contributed by atoms with Crippen LogP contribution in [0.5, 0.6) is 0 Å². The fourth-order valence-electron chi connectivity index (χ4n) is 1.63. The van der Waals surface area contributed by atoms with E-state index in [4.69, 9.17) is 0 Å². The number of nitrogens with one attached hydrogen (secondary N) is 2. The molecule has 0 aliphatic rings. The maximum atomic E-state index is 11.6. The van der Waals surface area contributed by atoms with E-state index >= 15 is 0 Å².